The first-order valence-corrected chi connectivity index (χ1v) is 12.0. The Hall–Kier alpha value is -3.16. The second kappa shape index (κ2) is 10.2. The average Bonchev–Trinajstić information content (AvgIpc) is 3.35. The molecule has 1 N–H and O–H groups in total. The summed E-state index contributed by atoms with van der Waals surface area (Å²) in [6.45, 7) is 2.07. The van der Waals surface area contributed by atoms with Crippen LogP contribution in [0.25, 0.3) is 11.0 Å². The normalized spacial score (nSPS) is 12.1. The Morgan fingerprint density at radius 2 is 1.64 bits per heavy atom. The maximum Gasteiger partial charge on any atom is 0.317 e. The Morgan fingerprint density at radius 3 is 2.27 bits per heavy atom. The van der Waals surface area contributed by atoms with E-state index in [1.807, 2.05) is 35.7 Å². The molecule has 1 atom stereocenters. The number of carbonyl (C=O) groups is 1. The van der Waals surface area contributed by atoms with Gasteiger partial charge in [0, 0.05) is 9.90 Å². The molecular weight excluding hydrogens is 458 g/mol. The molecule has 6 nitrogen and oxygen atoms in total. The zero-order chi connectivity index (χ0) is 23.4. The standard InChI is InChI=1S/C25H24ClN3O3S/c1-2-6-19(22-9-5-14-33-22)27-23(30)16-29-21-8-4-3-7-20(21)28(24(31)25(29)32)15-17-10-12-18(26)13-11-17/h3-5,7-14,19H,2,6,15-16H2,1H3,(H,27,30). The van der Waals surface area contributed by atoms with Crippen LogP contribution in [-0.4, -0.2) is 15.0 Å². The fourth-order valence-electron chi connectivity index (χ4n) is 3.90. The largest absolute Gasteiger partial charge is 0.347 e. The molecule has 1 amide bonds. The van der Waals surface area contributed by atoms with Crippen molar-refractivity contribution in [3.63, 3.8) is 0 Å². The van der Waals surface area contributed by atoms with E-state index < -0.39 is 11.1 Å². The molecule has 8 heteroatoms. The summed E-state index contributed by atoms with van der Waals surface area (Å²) in [5.74, 6) is -0.302. The van der Waals surface area contributed by atoms with Gasteiger partial charge < -0.3 is 5.32 Å². The van der Waals surface area contributed by atoms with Crippen molar-refractivity contribution in [2.24, 2.45) is 0 Å². The molecule has 0 saturated carbocycles. The Kier molecular flexibility index (Phi) is 7.11. The molecule has 4 rings (SSSR count). The van der Waals surface area contributed by atoms with Crippen molar-refractivity contribution in [1.82, 2.24) is 14.5 Å². The van der Waals surface area contributed by atoms with Crippen molar-refractivity contribution in [3.05, 3.63) is 102 Å². The van der Waals surface area contributed by atoms with Crippen LogP contribution in [-0.2, 0) is 17.9 Å². The summed E-state index contributed by atoms with van der Waals surface area (Å²) in [5, 5.41) is 5.60. The number of fused-ring (bicyclic) bond motifs is 1. The summed E-state index contributed by atoms with van der Waals surface area (Å²) in [6, 6.07) is 18.1. The minimum absolute atomic E-state index is 0.116. The number of hydrogen-bond acceptors (Lipinski definition) is 4. The molecule has 1 unspecified atom stereocenters. The molecule has 0 radical (unpaired) electrons. The van der Waals surface area contributed by atoms with Crippen molar-refractivity contribution in [2.75, 3.05) is 0 Å². The lowest BCUT2D eigenvalue weighted by Gasteiger charge is -2.19. The van der Waals surface area contributed by atoms with Gasteiger partial charge in [0.2, 0.25) is 5.91 Å². The van der Waals surface area contributed by atoms with Gasteiger partial charge in [0.15, 0.2) is 0 Å². The highest BCUT2D eigenvalue weighted by Crippen LogP contribution is 2.23. The quantitative estimate of drug-likeness (QED) is 0.374. The lowest BCUT2D eigenvalue weighted by Crippen LogP contribution is -2.44. The molecular formula is C25H24ClN3O3S. The van der Waals surface area contributed by atoms with Gasteiger partial charge in [-0.1, -0.05) is 55.3 Å². The van der Waals surface area contributed by atoms with E-state index in [1.165, 1.54) is 9.13 Å². The highest BCUT2D eigenvalue weighted by molar-refractivity contribution is 7.10. The second-order valence-electron chi connectivity index (χ2n) is 7.82. The first kappa shape index (κ1) is 23.0. The summed E-state index contributed by atoms with van der Waals surface area (Å²) in [4.78, 5) is 40.1. The van der Waals surface area contributed by atoms with Gasteiger partial charge >= 0.3 is 11.1 Å². The molecule has 2 aromatic carbocycles. The van der Waals surface area contributed by atoms with E-state index in [0.29, 0.717) is 16.1 Å². The number of hydrogen-bond donors (Lipinski definition) is 1. The van der Waals surface area contributed by atoms with E-state index in [2.05, 4.69) is 12.2 Å². The van der Waals surface area contributed by atoms with Gasteiger partial charge in [0.1, 0.15) is 6.54 Å². The van der Waals surface area contributed by atoms with Gasteiger partial charge in [0.05, 0.1) is 23.6 Å². The number of amides is 1. The van der Waals surface area contributed by atoms with Crippen LogP contribution in [0.15, 0.2) is 75.6 Å². The maximum atomic E-state index is 13.1. The number of nitrogens with one attached hydrogen (secondary N) is 1. The summed E-state index contributed by atoms with van der Waals surface area (Å²) in [5.41, 5.74) is 0.586. The van der Waals surface area contributed by atoms with Crippen LogP contribution in [0.5, 0.6) is 0 Å². The van der Waals surface area contributed by atoms with Crippen LogP contribution in [0.1, 0.15) is 36.2 Å². The summed E-state index contributed by atoms with van der Waals surface area (Å²) in [7, 11) is 0. The van der Waals surface area contributed by atoms with Crippen LogP contribution in [0.3, 0.4) is 0 Å². The number of halogens is 1. The number of benzene rings is 2. The van der Waals surface area contributed by atoms with Gasteiger partial charge in [-0.3, -0.25) is 23.5 Å². The monoisotopic (exact) mass is 481 g/mol. The number of aromatic nitrogens is 2. The molecule has 0 aliphatic heterocycles. The van der Waals surface area contributed by atoms with Crippen molar-refractivity contribution in [3.8, 4) is 0 Å². The van der Waals surface area contributed by atoms with E-state index in [-0.39, 0.29) is 25.0 Å². The fraction of sp³-hybridized carbons (Fsp3) is 0.240. The van der Waals surface area contributed by atoms with Gasteiger partial charge in [-0.15, -0.1) is 11.3 Å². The average molecular weight is 482 g/mol. The van der Waals surface area contributed by atoms with Crippen molar-refractivity contribution >= 4 is 39.9 Å². The van der Waals surface area contributed by atoms with Crippen LogP contribution in [0.2, 0.25) is 5.02 Å². The molecule has 0 aliphatic rings. The number of para-hydroxylation sites is 2. The molecule has 0 fully saturated rings. The van der Waals surface area contributed by atoms with Crippen molar-refractivity contribution in [2.45, 2.75) is 38.9 Å². The van der Waals surface area contributed by atoms with Crippen LogP contribution < -0.4 is 16.4 Å². The van der Waals surface area contributed by atoms with E-state index in [4.69, 9.17) is 11.6 Å². The Balaban J connectivity index is 1.68. The van der Waals surface area contributed by atoms with E-state index >= 15 is 0 Å². The van der Waals surface area contributed by atoms with E-state index in [9.17, 15) is 14.4 Å². The molecule has 2 heterocycles. The molecule has 0 aliphatic carbocycles. The number of rotatable bonds is 8. The third kappa shape index (κ3) is 5.10. The zero-order valence-electron chi connectivity index (χ0n) is 18.2. The second-order valence-corrected chi connectivity index (χ2v) is 9.24. The SMILES string of the molecule is CCCC(NC(=O)Cn1c(=O)c(=O)n(Cc2ccc(Cl)cc2)c2ccccc21)c1cccs1. The van der Waals surface area contributed by atoms with Gasteiger partial charge in [-0.05, 0) is 47.7 Å². The van der Waals surface area contributed by atoms with Gasteiger partial charge in [-0.25, -0.2) is 0 Å². The third-order valence-electron chi connectivity index (χ3n) is 5.49. The highest BCUT2D eigenvalue weighted by atomic mass is 35.5. The van der Waals surface area contributed by atoms with Crippen molar-refractivity contribution < 1.29 is 4.79 Å². The molecule has 4 aromatic rings. The third-order valence-corrected chi connectivity index (χ3v) is 6.73. The molecule has 0 saturated heterocycles. The number of thiophene rings is 1. The topological polar surface area (TPSA) is 73.1 Å². The van der Waals surface area contributed by atoms with Crippen molar-refractivity contribution in [1.29, 1.82) is 0 Å². The lowest BCUT2D eigenvalue weighted by molar-refractivity contribution is -0.122. The highest BCUT2D eigenvalue weighted by Gasteiger charge is 2.19. The predicted octanol–water partition coefficient (Wildman–Crippen LogP) is 4.58. The zero-order valence-corrected chi connectivity index (χ0v) is 19.7. The Bertz CT molecular complexity index is 1380. The molecule has 0 spiro atoms. The lowest BCUT2D eigenvalue weighted by atomic mass is 10.1. The number of carbonyl (C=O) groups excluding carboxylic acids is 1. The van der Waals surface area contributed by atoms with Gasteiger partial charge in [0.25, 0.3) is 0 Å². The first-order valence-electron chi connectivity index (χ1n) is 10.8. The molecule has 170 valence electrons. The van der Waals surface area contributed by atoms with Crippen LogP contribution >= 0.6 is 22.9 Å². The minimum atomic E-state index is -0.721. The maximum absolute atomic E-state index is 13.1. The van der Waals surface area contributed by atoms with E-state index in [0.717, 1.165) is 23.3 Å². The Labute approximate surface area is 200 Å². The fourth-order valence-corrected chi connectivity index (χ4v) is 4.84. The smallest absolute Gasteiger partial charge is 0.317 e. The molecule has 2 aromatic heterocycles. The minimum Gasteiger partial charge on any atom is -0.347 e. The van der Waals surface area contributed by atoms with Crippen LogP contribution in [0, 0.1) is 0 Å². The summed E-state index contributed by atoms with van der Waals surface area (Å²) in [6.07, 6.45) is 1.71. The Morgan fingerprint density at radius 1 is 0.970 bits per heavy atom. The van der Waals surface area contributed by atoms with Gasteiger partial charge in [-0.2, -0.15) is 0 Å². The number of nitrogens with zero attached hydrogens (tertiary/aromatic N) is 2. The van der Waals surface area contributed by atoms with Crippen LogP contribution in [0.4, 0.5) is 0 Å². The summed E-state index contributed by atoms with van der Waals surface area (Å²) < 4.78 is 2.71. The van der Waals surface area contributed by atoms with E-state index in [1.54, 1.807) is 41.7 Å². The predicted molar refractivity (Wildman–Crippen MR) is 133 cm³/mol. The summed E-state index contributed by atoms with van der Waals surface area (Å²) >= 11 is 7.55. The molecule has 0 bridgehead atoms. The first-order chi connectivity index (χ1) is 16.0. The molecule has 33 heavy (non-hydrogen) atoms.